The molecule has 0 radical (unpaired) electrons. The number of carbonyl (C=O) groups is 1. The number of nitrogens with zero attached hydrogens (tertiary/aromatic N) is 2. The van der Waals surface area contributed by atoms with Crippen molar-refractivity contribution in [1.29, 1.82) is 0 Å². The van der Waals surface area contributed by atoms with Crippen LogP contribution < -0.4 is 4.74 Å². The van der Waals surface area contributed by atoms with Gasteiger partial charge in [0.15, 0.2) is 11.5 Å². The van der Waals surface area contributed by atoms with E-state index in [9.17, 15) is 14.3 Å². The number of halogens is 1. The maximum atomic E-state index is 13.6. The number of phenolic OH excluding ortho intramolecular Hbond substituents is 1. The molecule has 1 amide bonds. The number of alkyl halides is 1. The molecule has 2 aliphatic rings. The molecule has 1 aromatic carbocycles. The molecule has 4 rings (SSSR count). The number of aromatic nitrogens is 1. The molecule has 0 saturated carbocycles. The molecule has 9 heteroatoms. The molecule has 3 heterocycles. The molecular formula is C20H23FN2O5S. The van der Waals surface area contributed by atoms with E-state index in [1.807, 2.05) is 5.38 Å². The topological polar surface area (TPSA) is 81.1 Å². The van der Waals surface area contributed by atoms with Crippen LogP contribution in [0.25, 0.3) is 0 Å². The van der Waals surface area contributed by atoms with Crippen LogP contribution in [-0.4, -0.2) is 59.2 Å². The van der Waals surface area contributed by atoms with Gasteiger partial charge in [0, 0.05) is 23.9 Å². The molecule has 1 N–H and O–H groups in total. The molecule has 2 aliphatic heterocycles. The number of hydrogen-bond donors (Lipinski definition) is 1. The molecule has 2 atom stereocenters. The maximum Gasteiger partial charge on any atom is 0.254 e. The molecule has 29 heavy (non-hydrogen) atoms. The van der Waals surface area contributed by atoms with E-state index in [-0.39, 0.29) is 36.9 Å². The van der Waals surface area contributed by atoms with Crippen molar-refractivity contribution >= 4 is 17.2 Å². The van der Waals surface area contributed by atoms with Crippen LogP contribution in [0.5, 0.6) is 11.5 Å². The van der Waals surface area contributed by atoms with Crippen LogP contribution in [0, 0.1) is 0 Å². The molecule has 0 bridgehead atoms. The Morgan fingerprint density at radius 3 is 3.03 bits per heavy atom. The van der Waals surface area contributed by atoms with E-state index in [0.717, 1.165) is 5.69 Å². The van der Waals surface area contributed by atoms with E-state index in [2.05, 4.69) is 4.98 Å². The number of piperidine rings is 1. The Morgan fingerprint density at radius 1 is 1.52 bits per heavy atom. The number of thiazole rings is 1. The first-order valence-corrected chi connectivity index (χ1v) is 10.3. The summed E-state index contributed by atoms with van der Waals surface area (Å²) in [6, 6.07) is 4.39. The molecule has 7 nitrogen and oxygen atoms in total. The lowest BCUT2D eigenvalue weighted by atomic mass is 9.86. The van der Waals surface area contributed by atoms with Crippen LogP contribution in [0.1, 0.15) is 36.3 Å². The fourth-order valence-electron chi connectivity index (χ4n) is 3.65. The lowest BCUT2D eigenvalue weighted by molar-refractivity contribution is -0.0466. The summed E-state index contributed by atoms with van der Waals surface area (Å²) in [5.74, 6) is -0.282. The molecule has 2 aromatic rings. The van der Waals surface area contributed by atoms with Gasteiger partial charge in [-0.1, -0.05) is 0 Å². The van der Waals surface area contributed by atoms with Crippen molar-refractivity contribution in [3.63, 3.8) is 0 Å². The van der Waals surface area contributed by atoms with E-state index in [1.54, 1.807) is 16.5 Å². The largest absolute Gasteiger partial charge is 0.504 e. The number of amides is 1. The third-order valence-corrected chi connectivity index (χ3v) is 5.76. The second-order valence-electron chi connectivity index (χ2n) is 7.87. The number of phenols is 1. The Morgan fingerprint density at radius 2 is 2.34 bits per heavy atom. The van der Waals surface area contributed by atoms with Gasteiger partial charge in [-0.05, 0) is 32.0 Å². The Bertz CT molecular complexity index is 885. The maximum absolute atomic E-state index is 13.6. The van der Waals surface area contributed by atoms with Gasteiger partial charge >= 0.3 is 0 Å². The molecule has 2 fully saturated rings. The van der Waals surface area contributed by atoms with Crippen molar-refractivity contribution in [3.05, 3.63) is 40.3 Å². The number of carbonyl (C=O) groups excluding carboxylic acids is 1. The molecular weight excluding hydrogens is 399 g/mol. The molecule has 2 saturated heterocycles. The van der Waals surface area contributed by atoms with Crippen LogP contribution in [0.2, 0.25) is 0 Å². The summed E-state index contributed by atoms with van der Waals surface area (Å²) in [5.41, 5.74) is 0.788. The van der Waals surface area contributed by atoms with Gasteiger partial charge < -0.3 is 24.2 Å². The summed E-state index contributed by atoms with van der Waals surface area (Å²) in [6.07, 6.45) is 0.275. The van der Waals surface area contributed by atoms with Gasteiger partial charge in [0.2, 0.25) is 0 Å². The number of hydrogen-bond acceptors (Lipinski definition) is 7. The zero-order valence-electron chi connectivity index (χ0n) is 16.3. The highest BCUT2D eigenvalue weighted by Gasteiger charge is 2.52. The fourth-order valence-corrected chi connectivity index (χ4v) is 4.28. The van der Waals surface area contributed by atoms with Crippen LogP contribution in [-0.2, 0) is 15.1 Å². The first-order valence-electron chi connectivity index (χ1n) is 9.37. The van der Waals surface area contributed by atoms with Crippen molar-refractivity contribution in [1.82, 2.24) is 9.88 Å². The van der Waals surface area contributed by atoms with Gasteiger partial charge in [-0.2, -0.15) is 0 Å². The van der Waals surface area contributed by atoms with Gasteiger partial charge in [0.25, 0.3) is 5.91 Å². The van der Waals surface area contributed by atoms with Crippen molar-refractivity contribution in [2.24, 2.45) is 0 Å². The third-order valence-electron chi connectivity index (χ3n) is 5.18. The molecule has 0 aliphatic carbocycles. The van der Waals surface area contributed by atoms with Crippen molar-refractivity contribution in [3.8, 4) is 11.5 Å². The SMILES string of the molecule is CC(C)(F)COc1ccc(C(=O)N2CCC3(c4cscn4)OCOC3C2)cc1O. The Kier molecular flexibility index (Phi) is 5.22. The predicted molar refractivity (Wildman–Crippen MR) is 104 cm³/mol. The Labute approximate surface area is 172 Å². The molecule has 2 unspecified atom stereocenters. The standard InChI is InChI=1S/C20H23FN2O5S/c1-19(2,21)10-26-15-4-3-13(7-14(15)24)18(25)23-6-5-20(16-9-29-11-22-16)17(8-23)27-12-28-20/h3-4,7,9,11,17,24H,5-6,8,10,12H2,1-2H3. The van der Waals surface area contributed by atoms with E-state index in [1.165, 1.54) is 37.3 Å². The Hall–Kier alpha value is -2.23. The highest BCUT2D eigenvalue weighted by atomic mass is 32.1. The van der Waals surface area contributed by atoms with Crippen molar-refractivity contribution < 1.29 is 28.5 Å². The van der Waals surface area contributed by atoms with E-state index in [4.69, 9.17) is 14.2 Å². The predicted octanol–water partition coefficient (Wildman–Crippen LogP) is 3.09. The second kappa shape index (κ2) is 7.55. The summed E-state index contributed by atoms with van der Waals surface area (Å²) < 4.78 is 30.6. The minimum atomic E-state index is -1.53. The number of rotatable bonds is 5. The monoisotopic (exact) mass is 422 g/mol. The molecule has 1 aromatic heterocycles. The molecule has 0 spiro atoms. The average Bonchev–Trinajstić information content (AvgIpc) is 3.35. The quantitative estimate of drug-likeness (QED) is 0.798. The summed E-state index contributed by atoms with van der Waals surface area (Å²) in [7, 11) is 0. The van der Waals surface area contributed by atoms with Crippen LogP contribution in [0.3, 0.4) is 0 Å². The second-order valence-corrected chi connectivity index (χ2v) is 8.59. The first kappa shape index (κ1) is 20.1. The van der Waals surface area contributed by atoms with Crippen LogP contribution >= 0.6 is 11.3 Å². The number of likely N-dealkylation sites (tertiary alicyclic amines) is 1. The van der Waals surface area contributed by atoms with Gasteiger partial charge in [-0.25, -0.2) is 9.37 Å². The number of fused-ring (bicyclic) bond motifs is 1. The average molecular weight is 422 g/mol. The van der Waals surface area contributed by atoms with Gasteiger partial charge in [0.05, 0.1) is 17.7 Å². The van der Waals surface area contributed by atoms with E-state index < -0.39 is 11.3 Å². The number of benzene rings is 1. The van der Waals surface area contributed by atoms with Gasteiger partial charge in [0.1, 0.15) is 30.8 Å². The summed E-state index contributed by atoms with van der Waals surface area (Å²) in [6.45, 7) is 3.59. The minimum Gasteiger partial charge on any atom is -0.504 e. The van der Waals surface area contributed by atoms with Crippen molar-refractivity contribution in [2.75, 3.05) is 26.5 Å². The number of aromatic hydroxyl groups is 1. The van der Waals surface area contributed by atoms with Gasteiger partial charge in [-0.15, -0.1) is 11.3 Å². The Balaban J connectivity index is 1.46. The smallest absolute Gasteiger partial charge is 0.254 e. The lowest BCUT2D eigenvalue weighted by Gasteiger charge is -2.40. The summed E-state index contributed by atoms with van der Waals surface area (Å²) in [5, 5.41) is 12.1. The first-order chi connectivity index (χ1) is 13.8. The fraction of sp³-hybridized carbons (Fsp3) is 0.500. The highest BCUT2D eigenvalue weighted by Crippen LogP contribution is 2.42. The molecule has 156 valence electrons. The number of ether oxygens (including phenoxy) is 3. The van der Waals surface area contributed by atoms with E-state index in [0.29, 0.717) is 25.1 Å². The zero-order valence-corrected chi connectivity index (χ0v) is 17.1. The van der Waals surface area contributed by atoms with Crippen LogP contribution in [0.15, 0.2) is 29.1 Å². The minimum absolute atomic E-state index is 0.140. The normalized spacial score (nSPS) is 24.4. The highest BCUT2D eigenvalue weighted by molar-refractivity contribution is 7.07. The summed E-state index contributed by atoms with van der Waals surface area (Å²) >= 11 is 1.50. The zero-order chi connectivity index (χ0) is 20.6. The van der Waals surface area contributed by atoms with Crippen molar-refractivity contribution in [2.45, 2.75) is 37.6 Å². The van der Waals surface area contributed by atoms with Crippen LogP contribution in [0.4, 0.5) is 4.39 Å². The summed E-state index contributed by atoms with van der Waals surface area (Å²) in [4.78, 5) is 19.0. The third kappa shape index (κ3) is 3.94. The van der Waals surface area contributed by atoms with E-state index >= 15 is 0 Å². The lowest BCUT2D eigenvalue weighted by Crippen LogP contribution is -2.53. The van der Waals surface area contributed by atoms with Gasteiger partial charge in [-0.3, -0.25) is 4.79 Å².